The fourth-order valence-electron chi connectivity index (χ4n) is 1.39. The second-order valence-electron chi connectivity index (χ2n) is 3.01. The molecule has 3 N–H and O–H groups in total. The van der Waals surface area contributed by atoms with Gasteiger partial charge in [0.2, 0.25) is 0 Å². The number of hydrogen-bond donors (Lipinski definition) is 2. The summed E-state index contributed by atoms with van der Waals surface area (Å²) < 4.78 is 0. The average Bonchev–Trinajstić information content (AvgIpc) is 2.47. The van der Waals surface area contributed by atoms with Crippen molar-refractivity contribution in [3.8, 4) is 0 Å². The lowest BCUT2D eigenvalue weighted by Gasteiger charge is -1.94. The van der Waals surface area contributed by atoms with E-state index < -0.39 is 0 Å². The van der Waals surface area contributed by atoms with Crippen molar-refractivity contribution >= 4 is 22.6 Å². The number of imidazole rings is 1. The minimum Gasteiger partial charge on any atom is -0.341 e. The van der Waals surface area contributed by atoms with Gasteiger partial charge in [0.05, 0.1) is 17.6 Å². The van der Waals surface area contributed by atoms with Gasteiger partial charge >= 0.3 is 0 Å². The van der Waals surface area contributed by atoms with Crippen molar-refractivity contribution in [2.45, 2.75) is 13.5 Å². The number of nitrogens with one attached hydrogen (secondary N) is 1. The van der Waals surface area contributed by atoms with Crippen LogP contribution in [0.25, 0.3) is 11.0 Å². The molecule has 1 aromatic carbocycles. The maximum Gasteiger partial charge on any atom is 0.121 e. The van der Waals surface area contributed by atoms with Crippen LogP contribution in [0, 0.1) is 6.92 Å². The lowest BCUT2D eigenvalue weighted by molar-refractivity contribution is 0.958. The van der Waals surface area contributed by atoms with Gasteiger partial charge in [-0.3, -0.25) is 0 Å². The molecule has 1 heterocycles. The van der Waals surface area contributed by atoms with Crippen molar-refractivity contribution in [2.24, 2.45) is 5.73 Å². The van der Waals surface area contributed by atoms with E-state index in [9.17, 15) is 0 Å². The van der Waals surface area contributed by atoms with Crippen LogP contribution in [0.5, 0.6) is 0 Å². The molecule has 0 radical (unpaired) electrons. The van der Waals surface area contributed by atoms with Gasteiger partial charge in [-0.05, 0) is 24.6 Å². The molecule has 0 fully saturated rings. The Hall–Kier alpha value is -1.06. The topological polar surface area (TPSA) is 54.7 Å². The normalized spacial score (nSPS) is 11.0. The third kappa shape index (κ3) is 1.41. The zero-order chi connectivity index (χ0) is 9.42. The summed E-state index contributed by atoms with van der Waals surface area (Å²) in [5.41, 5.74) is 8.44. The molecule has 0 unspecified atom stereocenters. The number of aromatic amines is 1. The highest BCUT2D eigenvalue weighted by molar-refractivity contribution is 6.31. The van der Waals surface area contributed by atoms with Crippen molar-refractivity contribution in [1.82, 2.24) is 9.97 Å². The number of nitrogens with two attached hydrogens (primary N) is 1. The van der Waals surface area contributed by atoms with Crippen molar-refractivity contribution in [3.05, 3.63) is 28.5 Å². The van der Waals surface area contributed by atoms with Crippen molar-refractivity contribution in [2.75, 3.05) is 0 Å². The highest BCUT2D eigenvalue weighted by atomic mass is 35.5. The van der Waals surface area contributed by atoms with Gasteiger partial charge in [0.25, 0.3) is 0 Å². The van der Waals surface area contributed by atoms with Crippen LogP contribution in [-0.4, -0.2) is 9.97 Å². The van der Waals surface area contributed by atoms with Crippen LogP contribution in [0.1, 0.15) is 11.4 Å². The summed E-state index contributed by atoms with van der Waals surface area (Å²) in [5.74, 6) is 0.792. The number of nitrogens with zero attached hydrogens (tertiary/aromatic N) is 1. The molecule has 0 aliphatic heterocycles. The van der Waals surface area contributed by atoms with Crippen molar-refractivity contribution < 1.29 is 0 Å². The number of H-pyrrole nitrogens is 1. The maximum absolute atomic E-state index is 5.90. The van der Waals surface area contributed by atoms with E-state index in [1.165, 1.54) is 0 Å². The summed E-state index contributed by atoms with van der Waals surface area (Å²) in [6.07, 6.45) is 0. The van der Waals surface area contributed by atoms with Gasteiger partial charge < -0.3 is 10.7 Å². The van der Waals surface area contributed by atoms with Gasteiger partial charge in [-0.2, -0.15) is 0 Å². The van der Waals surface area contributed by atoms with E-state index in [4.69, 9.17) is 17.3 Å². The lowest BCUT2D eigenvalue weighted by atomic mass is 10.2. The van der Waals surface area contributed by atoms with E-state index in [1.807, 2.05) is 19.1 Å². The molecule has 13 heavy (non-hydrogen) atoms. The Morgan fingerprint density at radius 1 is 1.54 bits per heavy atom. The van der Waals surface area contributed by atoms with Gasteiger partial charge in [0, 0.05) is 5.02 Å². The summed E-state index contributed by atoms with van der Waals surface area (Å²) in [6, 6.07) is 3.75. The quantitative estimate of drug-likeness (QED) is 0.731. The monoisotopic (exact) mass is 195 g/mol. The zero-order valence-corrected chi connectivity index (χ0v) is 8.02. The van der Waals surface area contributed by atoms with E-state index in [2.05, 4.69) is 9.97 Å². The van der Waals surface area contributed by atoms with Crippen LogP contribution in [0.2, 0.25) is 5.02 Å². The predicted octanol–water partition coefficient (Wildman–Crippen LogP) is 1.98. The number of hydrogen-bond acceptors (Lipinski definition) is 2. The Labute approximate surface area is 80.9 Å². The molecule has 0 saturated heterocycles. The zero-order valence-electron chi connectivity index (χ0n) is 7.26. The molecule has 2 aromatic rings. The molecule has 68 valence electrons. The van der Waals surface area contributed by atoms with E-state index in [0.717, 1.165) is 27.4 Å². The van der Waals surface area contributed by atoms with Crippen LogP contribution in [0.15, 0.2) is 12.1 Å². The number of fused-ring (bicyclic) bond motifs is 1. The molecule has 0 bridgehead atoms. The molecular formula is C9H10ClN3. The Morgan fingerprint density at radius 2 is 2.31 bits per heavy atom. The number of halogens is 1. The standard InChI is InChI=1S/C9H10ClN3/c1-5-2-6(10)3-7-9(5)13-8(4-11)12-7/h2-3H,4,11H2,1H3,(H,12,13). The molecule has 0 atom stereocenters. The van der Waals surface area contributed by atoms with Crippen molar-refractivity contribution in [3.63, 3.8) is 0 Å². The summed E-state index contributed by atoms with van der Waals surface area (Å²) in [6.45, 7) is 2.40. The van der Waals surface area contributed by atoms with E-state index in [0.29, 0.717) is 6.54 Å². The second kappa shape index (κ2) is 3.01. The van der Waals surface area contributed by atoms with Gasteiger partial charge in [0.1, 0.15) is 5.82 Å². The van der Waals surface area contributed by atoms with E-state index >= 15 is 0 Å². The van der Waals surface area contributed by atoms with Crippen LogP contribution < -0.4 is 5.73 Å². The van der Waals surface area contributed by atoms with E-state index in [-0.39, 0.29) is 0 Å². The predicted molar refractivity (Wildman–Crippen MR) is 53.7 cm³/mol. The molecular weight excluding hydrogens is 186 g/mol. The van der Waals surface area contributed by atoms with Crippen LogP contribution in [0.4, 0.5) is 0 Å². The van der Waals surface area contributed by atoms with Crippen molar-refractivity contribution in [1.29, 1.82) is 0 Å². The molecule has 0 amide bonds. The Morgan fingerprint density at radius 3 is 3.00 bits per heavy atom. The fourth-order valence-corrected chi connectivity index (χ4v) is 1.67. The first kappa shape index (κ1) is 8.53. The maximum atomic E-state index is 5.90. The Kier molecular flexibility index (Phi) is 1.98. The molecule has 0 saturated carbocycles. The first-order valence-corrected chi connectivity index (χ1v) is 4.43. The largest absolute Gasteiger partial charge is 0.341 e. The third-order valence-corrected chi connectivity index (χ3v) is 2.20. The molecule has 2 rings (SSSR count). The minimum atomic E-state index is 0.422. The summed E-state index contributed by atoms with van der Waals surface area (Å²) in [5, 5.41) is 0.720. The second-order valence-corrected chi connectivity index (χ2v) is 3.44. The number of rotatable bonds is 1. The summed E-state index contributed by atoms with van der Waals surface area (Å²) >= 11 is 5.90. The highest BCUT2D eigenvalue weighted by Crippen LogP contribution is 2.21. The minimum absolute atomic E-state index is 0.422. The van der Waals surface area contributed by atoms with Crippen LogP contribution >= 0.6 is 11.6 Å². The highest BCUT2D eigenvalue weighted by Gasteiger charge is 2.04. The molecule has 4 heteroatoms. The molecule has 3 nitrogen and oxygen atoms in total. The first-order valence-electron chi connectivity index (χ1n) is 4.05. The van der Waals surface area contributed by atoms with Crippen LogP contribution in [-0.2, 0) is 6.54 Å². The average molecular weight is 196 g/mol. The van der Waals surface area contributed by atoms with Gasteiger partial charge in [-0.15, -0.1) is 0 Å². The smallest absolute Gasteiger partial charge is 0.121 e. The molecule has 0 aliphatic carbocycles. The Bertz CT molecular complexity index is 447. The SMILES string of the molecule is Cc1cc(Cl)cc2[nH]c(CN)nc12. The lowest BCUT2D eigenvalue weighted by Crippen LogP contribution is -1.97. The fraction of sp³-hybridized carbons (Fsp3) is 0.222. The molecule has 1 aromatic heterocycles. The first-order chi connectivity index (χ1) is 6.20. The molecule has 0 spiro atoms. The summed E-state index contributed by atoms with van der Waals surface area (Å²) in [7, 11) is 0. The van der Waals surface area contributed by atoms with Gasteiger partial charge in [0.15, 0.2) is 0 Å². The number of aryl methyl sites for hydroxylation is 1. The van der Waals surface area contributed by atoms with E-state index in [1.54, 1.807) is 0 Å². The number of benzene rings is 1. The third-order valence-electron chi connectivity index (χ3n) is 1.98. The number of aromatic nitrogens is 2. The van der Waals surface area contributed by atoms with Gasteiger partial charge in [-0.25, -0.2) is 4.98 Å². The Balaban J connectivity index is 2.75. The summed E-state index contributed by atoms with van der Waals surface area (Å²) in [4.78, 5) is 7.44. The molecule has 0 aliphatic rings. The van der Waals surface area contributed by atoms with Crippen LogP contribution in [0.3, 0.4) is 0 Å². The van der Waals surface area contributed by atoms with Gasteiger partial charge in [-0.1, -0.05) is 11.6 Å².